The Labute approximate surface area is 164 Å². The first-order chi connectivity index (χ1) is 13.1. The van der Waals surface area contributed by atoms with Gasteiger partial charge in [0, 0.05) is 30.1 Å². The molecule has 3 rings (SSSR count). The molecule has 27 heavy (non-hydrogen) atoms. The van der Waals surface area contributed by atoms with E-state index in [0.29, 0.717) is 36.5 Å². The molecule has 0 fully saturated rings. The second-order valence-corrected chi connectivity index (χ2v) is 6.92. The number of fused-ring (bicyclic) bond motifs is 1. The molecule has 6 heteroatoms. The number of hydrogen-bond donors (Lipinski definition) is 1. The van der Waals surface area contributed by atoms with Gasteiger partial charge >= 0.3 is 0 Å². The van der Waals surface area contributed by atoms with Crippen LogP contribution < -0.4 is 15.0 Å². The quantitative estimate of drug-likeness (QED) is 0.767. The average molecular weight is 387 g/mol. The highest BCUT2D eigenvalue weighted by Gasteiger charge is 2.25. The van der Waals surface area contributed by atoms with Crippen LogP contribution in [0.4, 0.5) is 5.69 Å². The number of benzene rings is 2. The normalized spacial score (nSPS) is 13.0. The maximum atomic E-state index is 12.7. The molecule has 0 atom stereocenters. The Hall–Kier alpha value is -2.53. The van der Waals surface area contributed by atoms with Crippen LogP contribution in [0.3, 0.4) is 0 Å². The number of carbonyl (C=O) groups is 2. The van der Waals surface area contributed by atoms with Crippen molar-refractivity contribution in [3.8, 4) is 5.75 Å². The second kappa shape index (κ2) is 8.91. The monoisotopic (exact) mass is 386 g/mol. The van der Waals surface area contributed by atoms with Gasteiger partial charge in [0.2, 0.25) is 5.91 Å². The molecule has 0 saturated heterocycles. The SMILES string of the molecule is COc1cccc2c1N(C(=O)CCCNC(=O)c1ccc(Cl)cc1)CCC2. The summed E-state index contributed by atoms with van der Waals surface area (Å²) in [5, 5.41) is 3.43. The molecule has 0 bridgehead atoms. The third-order valence-electron chi connectivity index (χ3n) is 4.66. The Balaban J connectivity index is 1.53. The van der Waals surface area contributed by atoms with Crippen molar-refractivity contribution in [3.63, 3.8) is 0 Å². The lowest BCUT2D eigenvalue weighted by Crippen LogP contribution is -2.36. The van der Waals surface area contributed by atoms with Gasteiger partial charge in [-0.3, -0.25) is 9.59 Å². The molecule has 0 unspecified atom stereocenters. The van der Waals surface area contributed by atoms with E-state index in [9.17, 15) is 9.59 Å². The van der Waals surface area contributed by atoms with Crippen LogP contribution in [0.1, 0.15) is 35.2 Å². The number of amides is 2. The van der Waals surface area contributed by atoms with Gasteiger partial charge in [0.25, 0.3) is 5.91 Å². The first-order valence-electron chi connectivity index (χ1n) is 9.10. The third kappa shape index (κ3) is 4.61. The average Bonchev–Trinajstić information content (AvgIpc) is 2.70. The summed E-state index contributed by atoms with van der Waals surface area (Å²) >= 11 is 5.83. The molecule has 2 aromatic rings. The summed E-state index contributed by atoms with van der Waals surface area (Å²) in [6.45, 7) is 1.14. The molecule has 0 aliphatic carbocycles. The largest absolute Gasteiger partial charge is 0.495 e. The number of nitrogens with one attached hydrogen (secondary N) is 1. The van der Waals surface area contributed by atoms with Crippen molar-refractivity contribution in [2.24, 2.45) is 0 Å². The van der Waals surface area contributed by atoms with E-state index in [2.05, 4.69) is 5.32 Å². The Morgan fingerprint density at radius 3 is 2.70 bits per heavy atom. The number of aryl methyl sites for hydroxylation is 1. The fourth-order valence-electron chi connectivity index (χ4n) is 3.31. The van der Waals surface area contributed by atoms with Crippen LogP contribution in [0.2, 0.25) is 5.02 Å². The third-order valence-corrected chi connectivity index (χ3v) is 4.91. The first kappa shape index (κ1) is 19.2. The molecular weight excluding hydrogens is 364 g/mol. The van der Waals surface area contributed by atoms with E-state index in [-0.39, 0.29) is 11.8 Å². The van der Waals surface area contributed by atoms with Gasteiger partial charge in [-0.05, 0) is 55.2 Å². The number of nitrogens with zero attached hydrogens (tertiary/aromatic N) is 1. The highest BCUT2D eigenvalue weighted by molar-refractivity contribution is 6.30. The standard InChI is InChI=1S/C21H23ClN2O3/c1-27-18-7-2-5-15-6-4-14-24(20(15)18)19(25)8-3-13-23-21(26)16-9-11-17(22)12-10-16/h2,5,7,9-12H,3-4,6,8,13-14H2,1H3,(H,23,26). The van der Waals surface area contributed by atoms with E-state index >= 15 is 0 Å². The zero-order valence-electron chi connectivity index (χ0n) is 15.3. The number of rotatable bonds is 6. The maximum absolute atomic E-state index is 12.7. The van der Waals surface area contributed by atoms with Crippen LogP contribution in [-0.2, 0) is 11.2 Å². The van der Waals surface area contributed by atoms with Crippen LogP contribution in [0.5, 0.6) is 5.75 Å². The highest BCUT2D eigenvalue weighted by Crippen LogP contribution is 2.36. The number of methoxy groups -OCH3 is 1. The molecule has 0 spiro atoms. The van der Waals surface area contributed by atoms with E-state index in [1.807, 2.05) is 23.1 Å². The van der Waals surface area contributed by atoms with Gasteiger partial charge in [-0.15, -0.1) is 0 Å². The van der Waals surface area contributed by atoms with Crippen LogP contribution >= 0.6 is 11.6 Å². The van der Waals surface area contributed by atoms with Crippen LogP contribution in [0, 0.1) is 0 Å². The molecule has 5 nitrogen and oxygen atoms in total. The lowest BCUT2D eigenvalue weighted by atomic mass is 10.0. The minimum atomic E-state index is -0.163. The topological polar surface area (TPSA) is 58.6 Å². The summed E-state index contributed by atoms with van der Waals surface area (Å²) in [6.07, 6.45) is 2.85. The van der Waals surface area contributed by atoms with Crippen molar-refractivity contribution in [1.82, 2.24) is 5.32 Å². The minimum Gasteiger partial charge on any atom is -0.495 e. The number of para-hydroxylation sites is 1. The summed E-state index contributed by atoms with van der Waals surface area (Å²) in [5.74, 6) is 0.627. The Morgan fingerprint density at radius 1 is 1.19 bits per heavy atom. The van der Waals surface area contributed by atoms with E-state index in [4.69, 9.17) is 16.3 Å². The molecule has 1 aliphatic heterocycles. The van der Waals surface area contributed by atoms with E-state index in [1.165, 1.54) is 0 Å². The van der Waals surface area contributed by atoms with Crippen LogP contribution in [0.25, 0.3) is 0 Å². The maximum Gasteiger partial charge on any atom is 0.251 e. The number of halogens is 1. The molecule has 2 amide bonds. The molecule has 142 valence electrons. The van der Waals surface area contributed by atoms with E-state index < -0.39 is 0 Å². The Morgan fingerprint density at radius 2 is 1.96 bits per heavy atom. The summed E-state index contributed by atoms with van der Waals surface area (Å²) in [4.78, 5) is 26.6. The highest BCUT2D eigenvalue weighted by atomic mass is 35.5. The van der Waals surface area contributed by atoms with Gasteiger partial charge in [-0.1, -0.05) is 23.7 Å². The van der Waals surface area contributed by atoms with Gasteiger partial charge in [0.1, 0.15) is 5.75 Å². The van der Waals surface area contributed by atoms with Gasteiger partial charge in [0.05, 0.1) is 12.8 Å². The van der Waals surface area contributed by atoms with Crippen molar-refractivity contribution in [2.75, 3.05) is 25.1 Å². The predicted octanol–water partition coefficient (Wildman–Crippen LogP) is 3.84. The lowest BCUT2D eigenvalue weighted by Gasteiger charge is -2.31. The number of anilines is 1. The van der Waals surface area contributed by atoms with Crippen molar-refractivity contribution < 1.29 is 14.3 Å². The predicted molar refractivity (Wildman–Crippen MR) is 107 cm³/mol. The van der Waals surface area contributed by atoms with E-state index in [0.717, 1.165) is 29.8 Å². The molecule has 1 heterocycles. The minimum absolute atomic E-state index is 0.0567. The molecular formula is C21H23ClN2O3. The fourth-order valence-corrected chi connectivity index (χ4v) is 3.44. The summed E-state index contributed by atoms with van der Waals surface area (Å²) in [5.41, 5.74) is 2.59. The molecule has 1 aliphatic rings. The molecule has 1 N–H and O–H groups in total. The molecule has 0 radical (unpaired) electrons. The zero-order chi connectivity index (χ0) is 19.2. The van der Waals surface area contributed by atoms with Gasteiger partial charge < -0.3 is 15.0 Å². The first-order valence-corrected chi connectivity index (χ1v) is 9.48. The molecule has 0 saturated carbocycles. The zero-order valence-corrected chi connectivity index (χ0v) is 16.1. The molecule has 2 aromatic carbocycles. The van der Waals surface area contributed by atoms with Crippen molar-refractivity contribution in [1.29, 1.82) is 0 Å². The second-order valence-electron chi connectivity index (χ2n) is 6.48. The fraction of sp³-hybridized carbons (Fsp3) is 0.333. The van der Waals surface area contributed by atoms with Crippen molar-refractivity contribution >= 4 is 29.1 Å². The van der Waals surface area contributed by atoms with Crippen molar-refractivity contribution in [2.45, 2.75) is 25.7 Å². The van der Waals surface area contributed by atoms with E-state index in [1.54, 1.807) is 31.4 Å². The Kier molecular flexibility index (Phi) is 6.35. The number of hydrogen-bond acceptors (Lipinski definition) is 3. The summed E-state index contributed by atoms with van der Waals surface area (Å²) in [7, 11) is 1.62. The summed E-state index contributed by atoms with van der Waals surface area (Å²) < 4.78 is 5.45. The lowest BCUT2D eigenvalue weighted by molar-refractivity contribution is -0.118. The number of ether oxygens (including phenoxy) is 1. The van der Waals surface area contributed by atoms with Gasteiger partial charge in [0.15, 0.2) is 0 Å². The van der Waals surface area contributed by atoms with Crippen molar-refractivity contribution in [3.05, 3.63) is 58.6 Å². The summed E-state index contributed by atoms with van der Waals surface area (Å²) in [6, 6.07) is 12.6. The van der Waals surface area contributed by atoms with Crippen LogP contribution in [-0.4, -0.2) is 32.0 Å². The Bertz CT molecular complexity index is 806. The van der Waals surface area contributed by atoms with Gasteiger partial charge in [-0.2, -0.15) is 0 Å². The molecule has 0 aromatic heterocycles. The smallest absolute Gasteiger partial charge is 0.251 e. The van der Waals surface area contributed by atoms with Gasteiger partial charge in [-0.25, -0.2) is 0 Å². The number of carbonyl (C=O) groups excluding carboxylic acids is 2. The van der Waals surface area contributed by atoms with Crippen LogP contribution in [0.15, 0.2) is 42.5 Å².